The van der Waals surface area contributed by atoms with E-state index in [-0.39, 0.29) is 18.8 Å². The van der Waals surface area contributed by atoms with Crippen LogP contribution in [0.15, 0.2) is 30.6 Å². The molecule has 1 saturated heterocycles. The van der Waals surface area contributed by atoms with Gasteiger partial charge in [-0.3, -0.25) is 14.5 Å². The summed E-state index contributed by atoms with van der Waals surface area (Å²) in [6.07, 6.45) is -0.0966. The van der Waals surface area contributed by atoms with Crippen molar-refractivity contribution in [2.24, 2.45) is 0 Å². The first-order valence-corrected chi connectivity index (χ1v) is 12.8. The Labute approximate surface area is 217 Å². The molecule has 1 aliphatic carbocycles. The molecule has 2 aromatic heterocycles. The summed E-state index contributed by atoms with van der Waals surface area (Å²) in [5.41, 5.74) is 0.0548. The first kappa shape index (κ1) is 24.6. The second-order valence-corrected chi connectivity index (χ2v) is 10.8. The van der Waals surface area contributed by atoms with Gasteiger partial charge in [0.25, 0.3) is 0 Å². The van der Waals surface area contributed by atoms with E-state index >= 15 is 0 Å². The number of aromatic nitrogens is 5. The molecule has 0 amide bonds. The average molecular weight is 534 g/mol. The molecule has 0 unspecified atom stereocenters. The van der Waals surface area contributed by atoms with Gasteiger partial charge in [0.2, 0.25) is 0 Å². The van der Waals surface area contributed by atoms with Gasteiger partial charge in [-0.25, -0.2) is 4.98 Å². The zero-order chi connectivity index (χ0) is 25.9. The molecule has 37 heavy (non-hydrogen) atoms. The molecule has 12 heteroatoms. The molecule has 0 spiro atoms. The molecule has 0 atom stereocenters. The number of hydrogen-bond acceptors (Lipinski definition) is 7. The number of fused-ring (bicyclic) bond motifs is 3. The fourth-order valence-electron chi connectivity index (χ4n) is 5.75. The summed E-state index contributed by atoms with van der Waals surface area (Å²) in [7, 11) is 0. The monoisotopic (exact) mass is 533 g/mol. The van der Waals surface area contributed by atoms with Crippen LogP contribution in [0.5, 0.6) is 0 Å². The Hall–Kier alpha value is -2.76. The standard InChI is InChI=1S/C25H27ClF3N7O/c1-15-11-30-12-21(31-15)34-6-4-16(5-7-34)23-33-32-22-14-35(19-9-24(37,10-19)25(27,28)29)13-17-8-18(26)2-3-20(17)36(22)23/h2-3,8,11-12,16,19,37H,4-7,9-10,13-14H2,1H3. The Bertz CT molecular complexity index is 1320. The van der Waals surface area contributed by atoms with E-state index in [0.717, 1.165) is 54.5 Å². The van der Waals surface area contributed by atoms with E-state index in [2.05, 4.69) is 29.6 Å². The van der Waals surface area contributed by atoms with Crippen molar-refractivity contribution in [3.8, 4) is 5.69 Å². The number of benzene rings is 1. The fourth-order valence-corrected chi connectivity index (χ4v) is 5.95. The van der Waals surface area contributed by atoms with Crippen LogP contribution in [0.4, 0.5) is 19.0 Å². The molecule has 6 rings (SSSR count). The number of aliphatic hydroxyl groups is 1. The summed E-state index contributed by atoms with van der Waals surface area (Å²) in [5, 5.41) is 19.7. The molecular formula is C25H27ClF3N7O. The summed E-state index contributed by atoms with van der Waals surface area (Å²) >= 11 is 6.32. The average Bonchev–Trinajstić information content (AvgIpc) is 3.17. The van der Waals surface area contributed by atoms with Crippen molar-refractivity contribution in [1.82, 2.24) is 29.6 Å². The van der Waals surface area contributed by atoms with Crippen molar-refractivity contribution in [3.63, 3.8) is 0 Å². The largest absolute Gasteiger partial charge is 0.417 e. The van der Waals surface area contributed by atoms with E-state index in [1.165, 1.54) is 0 Å². The van der Waals surface area contributed by atoms with Crippen molar-refractivity contribution in [1.29, 1.82) is 0 Å². The Morgan fingerprint density at radius 2 is 1.84 bits per heavy atom. The summed E-state index contributed by atoms with van der Waals surface area (Å²) in [6, 6.07) is 5.19. The molecule has 196 valence electrons. The summed E-state index contributed by atoms with van der Waals surface area (Å²) in [6.45, 7) is 4.30. The van der Waals surface area contributed by atoms with Crippen molar-refractivity contribution >= 4 is 17.4 Å². The van der Waals surface area contributed by atoms with E-state index in [1.54, 1.807) is 12.4 Å². The first-order valence-electron chi connectivity index (χ1n) is 12.4. The fraction of sp³-hybridized carbons (Fsp3) is 0.520. The molecule has 1 saturated carbocycles. The van der Waals surface area contributed by atoms with Gasteiger partial charge in [0.1, 0.15) is 11.6 Å². The first-order chi connectivity index (χ1) is 17.6. The number of piperidine rings is 1. The zero-order valence-electron chi connectivity index (χ0n) is 20.3. The van der Waals surface area contributed by atoms with E-state index < -0.39 is 17.8 Å². The minimum absolute atomic E-state index is 0.171. The minimum atomic E-state index is -4.64. The number of halogens is 4. The quantitative estimate of drug-likeness (QED) is 0.541. The van der Waals surface area contributed by atoms with Crippen LogP contribution in [0.3, 0.4) is 0 Å². The molecule has 8 nitrogen and oxygen atoms in total. The normalized spacial score (nSPS) is 24.8. The van der Waals surface area contributed by atoms with Crippen LogP contribution in [-0.4, -0.2) is 65.6 Å². The summed E-state index contributed by atoms with van der Waals surface area (Å²) < 4.78 is 41.9. The van der Waals surface area contributed by atoms with Crippen LogP contribution < -0.4 is 4.90 Å². The Morgan fingerprint density at radius 3 is 2.54 bits per heavy atom. The Balaban J connectivity index is 1.27. The SMILES string of the molecule is Cc1cncc(N2CCC(c3nnc4n3-c3ccc(Cl)cc3CN(C3CC(O)(C(F)(F)F)C3)C4)CC2)n1. The third-order valence-corrected chi connectivity index (χ3v) is 8.11. The highest BCUT2D eigenvalue weighted by molar-refractivity contribution is 6.30. The maximum atomic E-state index is 13.3. The number of rotatable bonds is 3. The minimum Gasteiger partial charge on any atom is -0.380 e. The second-order valence-electron chi connectivity index (χ2n) is 10.4. The predicted octanol–water partition coefficient (Wildman–Crippen LogP) is 4.17. The third-order valence-electron chi connectivity index (χ3n) is 7.87. The van der Waals surface area contributed by atoms with E-state index in [1.807, 2.05) is 30.0 Å². The van der Waals surface area contributed by atoms with Crippen LogP contribution >= 0.6 is 11.6 Å². The smallest absolute Gasteiger partial charge is 0.380 e. The van der Waals surface area contributed by atoms with Crippen molar-refractivity contribution in [2.45, 2.75) is 69.4 Å². The molecule has 0 radical (unpaired) electrons. The molecule has 0 bridgehead atoms. The van der Waals surface area contributed by atoms with Gasteiger partial charge >= 0.3 is 6.18 Å². The summed E-state index contributed by atoms with van der Waals surface area (Å²) in [5.74, 6) is 2.58. The number of nitrogens with zero attached hydrogens (tertiary/aromatic N) is 7. The van der Waals surface area contributed by atoms with Crippen molar-refractivity contribution in [3.05, 3.63) is 58.5 Å². The highest BCUT2D eigenvalue weighted by Gasteiger charge is 2.62. The second kappa shape index (κ2) is 8.92. The van der Waals surface area contributed by atoms with E-state index in [0.29, 0.717) is 23.9 Å². The van der Waals surface area contributed by atoms with Crippen LogP contribution in [0, 0.1) is 6.92 Å². The predicted molar refractivity (Wildman–Crippen MR) is 131 cm³/mol. The van der Waals surface area contributed by atoms with Gasteiger partial charge in [-0.15, -0.1) is 10.2 Å². The molecule has 4 heterocycles. The van der Waals surface area contributed by atoms with Gasteiger partial charge in [-0.05, 0) is 43.5 Å². The van der Waals surface area contributed by atoms with Crippen LogP contribution in [0.25, 0.3) is 5.69 Å². The highest BCUT2D eigenvalue weighted by Crippen LogP contribution is 2.48. The number of alkyl halides is 3. The van der Waals surface area contributed by atoms with E-state index in [9.17, 15) is 18.3 Å². The van der Waals surface area contributed by atoms with Crippen LogP contribution in [-0.2, 0) is 13.1 Å². The van der Waals surface area contributed by atoms with E-state index in [4.69, 9.17) is 11.6 Å². The third kappa shape index (κ3) is 4.36. The Kier molecular flexibility index (Phi) is 5.92. The van der Waals surface area contributed by atoms with Gasteiger partial charge in [-0.2, -0.15) is 13.2 Å². The lowest BCUT2D eigenvalue weighted by atomic mass is 9.74. The number of anilines is 1. The lowest BCUT2D eigenvalue weighted by molar-refractivity contribution is -0.300. The molecule has 3 aliphatic rings. The molecule has 1 aromatic carbocycles. The molecule has 2 fully saturated rings. The molecule has 2 aliphatic heterocycles. The number of hydrogen-bond donors (Lipinski definition) is 1. The topological polar surface area (TPSA) is 83.2 Å². The lowest BCUT2D eigenvalue weighted by Crippen LogP contribution is -2.61. The van der Waals surface area contributed by atoms with Gasteiger partial charge in [-0.1, -0.05) is 11.6 Å². The van der Waals surface area contributed by atoms with Gasteiger partial charge in [0.15, 0.2) is 11.4 Å². The van der Waals surface area contributed by atoms with Gasteiger partial charge < -0.3 is 10.0 Å². The Morgan fingerprint density at radius 1 is 1.08 bits per heavy atom. The maximum absolute atomic E-state index is 13.3. The summed E-state index contributed by atoms with van der Waals surface area (Å²) in [4.78, 5) is 13.0. The zero-order valence-corrected chi connectivity index (χ0v) is 21.0. The highest BCUT2D eigenvalue weighted by atomic mass is 35.5. The number of aryl methyl sites for hydroxylation is 1. The lowest BCUT2D eigenvalue weighted by Gasteiger charge is -2.48. The molecule has 1 N–H and O–H groups in total. The van der Waals surface area contributed by atoms with Gasteiger partial charge in [0, 0.05) is 55.7 Å². The maximum Gasteiger partial charge on any atom is 0.417 e. The van der Waals surface area contributed by atoms with Crippen LogP contribution in [0.1, 0.15) is 54.5 Å². The van der Waals surface area contributed by atoms with Crippen LogP contribution in [0.2, 0.25) is 5.02 Å². The van der Waals surface area contributed by atoms with Gasteiger partial charge in [0.05, 0.1) is 24.1 Å². The molecular weight excluding hydrogens is 507 g/mol. The van der Waals surface area contributed by atoms with Crippen molar-refractivity contribution < 1.29 is 18.3 Å². The molecule has 3 aromatic rings. The van der Waals surface area contributed by atoms with Crippen molar-refractivity contribution in [2.75, 3.05) is 18.0 Å².